The van der Waals surface area contributed by atoms with Gasteiger partial charge in [-0.2, -0.15) is 0 Å². The van der Waals surface area contributed by atoms with Gasteiger partial charge in [0.1, 0.15) is 23.9 Å². The van der Waals surface area contributed by atoms with Crippen molar-refractivity contribution in [3.63, 3.8) is 0 Å². The topological polar surface area (TPSA) is 42.0 Å². The summed E-state index contributed by atoms with van der Waals surface area (Å²) in [4.78, 5) is 17.3. The van der Waals surface area contributed by atoms with Crippen molar-refractivity contribution < 1.29 is 18.7 Å². The molecule has 178 valence electrons. The molecule has 0 bridgehead atoms. The predicted molar refractivity (Wildman–Crippen MR) is 131 cm³/mol. The third kappa shape index (κ3) is 5.75. The minimum atomic E-state index is -0.219. The van der Waals surface area contributed by atoms with Crippen molar-refractivity contribution in [1.29, 1.82) is 0 Å². The third-order valence-electron chi connectivity index (χ3n) is 6.21. The molecular formula is C28H31FN2O3. The predicted octanol–water partition coefficient (Wildman–Crippen LogP) is 4.99. The SMILES string of the molecule is COc1ccc(C(=O)N2CCN(Cc3cccc(F)c3)CC2)cc1COc1cc(C)ccc1C. The van der Waals surface area contributed by atoms with Crippen LogP contribution in [0.3, 0.4) is 0 Å². The monoisotopic (exact) mass is 462 g/mol. The van der Waals surface area contributed by atoms with Crippen molar-refractivity contribution in [1.82, 2.24) is 9.80 Å². The van der Waals surface area contributed by atoms with E-state index in [9.17, 15) is 9.18 Å². The maximum absolute atomic E-state index is 13.5. The van der Waals surface area contributed by atoms with E-state index in [1.807, 2.05) is 55.1 Å². The van der Waals surface area contributed by atoms with Gasteiger partial charge in [-0.3, -0.25) is 9.69 Å². The maximum atomic E-state index is 13.5. The molecule has 1 fully saturated rings. The average Bonchev–Trinajstić information content (AvgIpc) is 2.84. The average molecular weight is 463 g/mol. The highest BCUT2D eigenvalue weighted by molar-refractivity contribution is 5.94. The van der Waals surface area contributed by atoms with Crippen molar-refractivity contribution >= 4 is 5.91 Å². The van der Waals surface area contributed by atoms with Crippen LogP contribution >= 0.6 is 0 Å². The van der Waals surface area contributed by atoms with Gasteiger partial charge in [-0.05, 0) is 66.9 Å². The number of halogens is 1. The van der Waals surface area contributed by atoms with Gasteiger partial charge in [0.05, 0.1) is 7.11 Å². The molecule has 0 saturated carbocycles. The zero-order valence-corrected chi connectivity index (χ0v) is 20.0. The van der Waals surface area contributed by atoms with Gasteiger partial charge in [0.25, 0.3) is 5.91 Å². The van der Waals surface area contributed by atoms with E-state index in [-0.39, 0.29) is 11.7 Å². The number of carbonyl (C=O) groups excluding carboxylic acids is 1. The van der Waals surface area contributed by atoms with Crippen LogP contribution in [0, 0.1) is 19.7 Å². The molecule has 5 nitrogen and oxygen atoms in total. The number of hydrogen-bond donors (Lipinski definition) is 0. The molecule has 3 aromatic carbocycles. The summed E-state index contributed by atoms with van der Waals surface area (Å²) in [5, 5.41) is 0. The molecule has 1 saturated heterocycles. The molecule has 0 unspecified atom stereocenters. The van der Waals surface area contributed by atoms with Crippen molar-refractivity contribution in [3.8, 4) is 11.5 Å². The normalized spacial score (nSPS) is 14.2. The molecule has 3 aromatic rings. The number of piperazine rings is 1. The molecule has 1 amide bonds. The van der Waals surface area contributed by atoms with E-state index in [0.29, 0.717) is 37.6 Å². The fraction of sp³-hybridized carbons (Fsp3) is 0.321. The van der Waals surface area contributed by atoms with Crippen LogP contribution in [0.25, 0.3) is 0 Å². The molecule has 34 heavy (non-hydrogen) atoms. The van der Waals surface area contributed by atoms with Crippen LogP contribution in [-0.4, -0.2) is 49.0 Å². The lowest BCUT2D eigenvalue weighted by atomic mass is 10.1. The Morgan fingerprint density at radius 3 is 2.47 bits per heavy atom. The quantitative estimate of drug-likeness (QED) is 0.496. The third-order valence-corrected chi connectivity index (χ3v) is 6.21. The van der Waals surface area contributed by atoms with Crippen LogP contribution in [0.15, 0.2) is 60.7 Å². The Kier molecular flexibility index (Phi) is 7.48. The zero-order valence-electron chi connectivity index (χ0n) is 20.0. The van der Waals surface area contributed by atoms with E-state index >= 15 is 0 Å². The molecule has 6 heteroatoms. The van der Waals surface area contributed by atoms with Crippen LogP contribution in [-0.2, 0) is 13.2 Å². The van der Waals surface area contributed by atoms with Crippen LogP contribution < -0.4 is 9.47 Å². The summed E-state index contributed by atoms with van der Waals surface area (Å²) < 4.78 is 25.0. The van der Waals surface area contributed by atoms with E-state index in [1.165, 1.54) is 6.07 Å². The van der Waals surface area contributed by atoms with E-state index in [2.05, 4.69) is 11.0 Å². The summed E-state index contributed by atoms with van der Waals surface area (Å²) in [5.41, 5.74) is 4.60. The molecule has 1 aliphatic rings. The van der Waals surface area contributed by atoms with Crippen LogP contribution in [0.5, 0.6) is 11.5 Å². The van der Waals surface area contributed by atoms with Crippen LogP contribution in [0.2, 0.25) is 0 Å². The molecule has 0 N–H and O–H groups in total. The number of ether oxygens (including phenoxy) is 2. The first-order chi connectivity index (χ1) is 16.4. The van der Waals surface area contributed by atoms with Gasteiger partial charge in [-0.25, -0.2) is 4.39 Å². The number of methoxy groups -OCH3 is 1. The lowest BCUT2D eigenvalue weighted by molar-refractivity contribution is 0.0628. The molecule has 1 aliphatic heterocycles. The molecular weight excluding hydrogens is 431 g/mol. The Hall–Kier alpha value is -3.38. The summed E-state index contributed by atoms with van der Waals surface area (Å²) in [5.74, 6) is 1.30. The van der Waals surface area contributed by atoms with E-state index in [0.717, 1.165) is 41.1 Å². The fourth-order valence-electron chi connectivity index (χ4n) is 4.23. The lowest BCUT2D eigenvalue weighted by Gasteiger charge is -2.35. The summed E-state index contributed by atoms with van der Waals surface area (Å²) in [7, 11) is 1.62. The van der Waals surface area contributed by atoms with E-state index < -0.39 is 0 Å². The van der Waals surface area contributed by atoms with Crippen molar-refractivity contribution in [3.05, 3.63) is 94.3 Å². The molecule has 0 aliphatic carbocycles. The highest BCUT2D eigenvalue weighted by Crippen LogP contribution is 2.25. The van der Waals surface area contributed by atoms with E-state index in [1.54, 1.807) is 19.2 Å². The molecule has 0 atom stereocenters. The van der Waals surface area contributed by atoms with Gasteiger partial charge in [-0.1, -0.05) is 24.3 Å². The van der Waals surface area contributed by atoms with Gasteiger partial charge in [0, 0.05) is 43.9 Å². The smallest absolute Gasteiger partial charge is 0.253 e. The number of benzene rings is 3. The Labute approximate surface area is 200 Å². The standard InChI is InChI=1S/C28H31FN2O3/c1-20-7-8-21(2)27(15-20)34-19-24-17-23(9-10-26(24)33-3)28(32)31-13-11-30(12-14-31)18-22-5-4-6-25(29)16-22/h4-10,15-17H,11-14,18-19H2,1-3H3. The Morgan fingerprint density at radius 2 is 1.74 bits per heavy atom. The number of carbonyl (C=O) groups is 1. The summed E-state index contributed by atoms with van der Waals surface area (Å²) in [6.07, 6.45) is 0. The number of hydrogen-bond acceptors (Lipinski definition) is 4. The summed E-state index contributed by atoms with van der Waals surface area (Å²) in [6, 6.07) is 18.3. The van der Waals surface area contributed by atoms with Crippen molar-refractivity contribution in [2.75, 3.05) is 33.3 Å². The van der Waals surface area contributed by atoms with Gasteiger partial charge in [0.2, 0.25) is 0 Å². The Balaban J connectivity index is 1.39. The molecule has 1 heterocycles. The maximum Gasteiger partial charge on any atom is 0.253 e. The zero-order chi connectivity index (χ0) is 24.1. The molecule has 4 rings (SSSR count). The minimum absolute atomic E-state index is 0.000967. The molecule has 0 radical (unpaired) electrons. The Bertz CT molecular complexity index is 1160. The van der Waals surface area contributed by atoms with Gasteiger partial charge in [0.15, 0.2) is 0 Å². The number of aryl methyl sites for hydroxylation is 2. The number of amides is 1. The van der Waals surface area contributed by atoms with E-state index in [4.69, 9.17) is 9.47 Å². The van der Waals surface area contributed by atoms with Crippen LogP contribution in [0.1, 0.15) is 32.6 Å². The molecule has 0 aromatic heterocycles. The first kappa shape index (κ1) is 23.8. The highest BCUT2D eigenvalue weighted by Gasteiger charge is 2.23. The van der Waals surface area contributed by atoms with Crippen molar-refractivity contribution in [2.24, 2.45) is 0 Å². The second-order valence-corrected chi connectivity index (χ2v) is 8.78. The number of rotatable bonds is 7. The highest BCUT2D eigenvalue weighted by atomic mass is 19.1. The van der Waals surface area contributed by atoms with Gasteiger partial charge >= 0.3 is 0 Å². The lowest BCUT2D eigenvalue weighted by Crippen LogP contribution is -2.48. The van der Waals surface area contributed by atoms with Crippen LogP contribution in [0.4, 0.5) is 4.39 Å². The Morgan fingerprint density at radius 1 is 0.941 bits per heavy atom. The fourth-order valence-corrected chi connectivity index (χ4v) is 4.23. The summed E-state index contributed by atoms with van der Waals surface area (Å²) >= 11 is 0. The second-order valence-electron chi connectivity index (χ2n) is 8.78. The first-order valence-corrected chi connectivity index (χ1v) is 11.6. The van der Waals surface area contributed by atoms with Gasteiger partial charge < -0.3 is 14.4 Å². The van der Waals surface area contributed by atoms with Crippen molar-refractivity contribution in [2.45, 2.75) is 27.0 Å². The summed E-state index contributed by atoms with van der Waals surface area (Å²) in [6.45, 7) is 7.81. The minimum Gasteiger partial charge on any atom is -0.496 e. The molecule has 0 spiro atoms. The first-order valence-electron chi connectivity index (χ1n) is 11.6. The second kappa shape index (κ2) is 10.7. The van der Waals surface area contributed by atoms with Gasteiger partial charge in [-0.15, -0.1) is 0 Å². The largest absolute Gasteiger partial charge is 0.496 e. The number of nitrogens with zero attached hydrogens (tertiary/aromatic N) is 2.